The maximum Gasteiger partial charge on any atom is 0.453 e. The molecule has 0 unspecified atom stereocenters. The van der Waals surface area contributed by atoms with Gasteiger partial charge in [0.05, 0.1) is 17.3 Å². The van der Waals surface area contributed by atoms with Gasteiger partial charge in [-0.1, -0.05) is 30.3 Å². The van der Waals surface area contributed by atoms with Gasteiger partial charge >= 0.3 is 6.18 Å². The number of alkyl halides is 3. The van der Waals surface area contributed by atoms with Gasteiger partial charge in [0.25, 0.3) is 5.82 Å². The van der Waals surface area contributed by atoms with Crippen molar-refractivity contribution in [2.45, 2.75) is 68.8 Å². The summed E-state index contributed by atoms with van der Waals surface area (Å²) in [6, 6.07) is 14.8. The first-order chi connectivity index (χ1) is 16.9. The third-order valence-corrected chi connectivity index (χ3v) is 7.13. The molecule has 1 aromatic heterocycles. The average Bonchev–Trinajstić information content (AvgIpc) is 3.55. The Morgan fingerprint density at radius 1 is 1.03 bits per heavy atom. The number of rotatable bonds is 6. The number of halogens is 5. The number of ether oxygens (including phenoxy) is 1. The van der Waals surface area contributed by atoms with Crippen molar-refractivity contribution in [2.24, 2.45) is 5.73 Å². The molecule has 7 nitrogen and oxygen atoms in total. The van der Waals surface area contributed by atoms with Gasteiger partial charge < -0.3 is 15.8 Å². The minimum absolute atomic E-state index is 0. The summed E-state index contributed by atoms with van der Waals surface area (Å²) in [5.41, 5.74) is 8.19. The fourth-order valence-electron chi connectivity index (χ4n) is 5.33. The first-order valence-corrected chi connectivity index (χ1v) is 12.1. The van der Waals surface area contributed by atoms with E-state index in [-0.39, 0.29) is 42.6 Å². The molecule has 3 N–H and O–H groups in total. The van der Waals surface area contributed by atoms with E-state index in [1.54, 1.807) is 18.2 Å². The van der Waals surface area contributed by atoms with Crippen LogP contribution in [-0.4, -0.2) is 38.9 Å². The smallest absolute Gasteiger partial charge is 0.453 e. The third-order valence-electron chi connectivity index (χ3n) is 7.13. The van der Waals surface area contributed by atoms with E-state index in [1.165, 1.54) is 0 Å². The van der Waals surface area contributed by atoms with Crippen molar-refractivity contribution >= 4 is 24.8 Å². The molecule has 0 bridgehead atoms. The van der Waals surface area contributed by atoms with Crippen molar-refractivity contribution < 1.29 is 17.9 Å². The van der Waals surface area contributed by atoms with Crippen LogP contribution in [0.25, 0.3) is 5.69 Å². The summed E-state index contributed by atoms with van der Waals surface area (Å²) in [5, 5.41) is 13.7. The Morgan fingerprint density at radius 3 is 2.43 bits per heavy atom. The van der Waals surface area contributed by atoms with Gasteiger partial charge in [0.1, 0.15) is 5.75 Å². The summed E-state index contributed by atoms with van der Waals surface area (Å²) in [6.07, 6.45) is 1.82. The number of aromatic nitrogens is 4. The number of benzene rings is 2. The van der Waals surface area contributed by atoms with Crippen molar-refractivity contribution in [1.29, 1.82) is 0 Å². The summed E-state index contributed by atoms with van der Waals surface area (Å²) >= 11 is 0. The van der Waals surface area contributed by atoms with Gasteiger partial charge in [-0.3, -0.25) is 0 Å². The first-order valence-electron chi connectivity index (χ1n) is 12.1. The Balaban J connectivity index is 0.00000190. The monoisotopic (exact) mass is 558 g/mol. The maximum absolute atomic E-state index is 13.5. The van der Waals surface area contributed by atoms with Crippen LogP contribution in [-0.2, 0) is 18.1 Å². The van der Waals surface area contributed by atoms with Gasteiger partial charge in [0, 0.05) is 6.04 Å². The van der Waals surface area contributed by atoms with E-state index < -0.39 is 17.5 Å². The number of nitrogens with two attached hydrogens (primary N) is 1. The molecule has 1 saturated carbocycles. The Bertz CT molecular complexity index is 1160. The lowest BCUT2D eigenvalue weighted by Crippen LogP contribution is -2.60. The van der Waals surface area contributed by atoms with E-state index in [0.717, 1.165) is 60.9 Å². The molecule has 1 aliphatic carbocycles. The largest absolute Gasteiger partial charge is 0.490 e. The van der Waals surface area contributed by atoms with Crippen molar-refractivity contribution in [1.82, 2.24) is 25.5 Å². The molecule has 37 heavy (non-hydrogen) atoms. The highest BCUT2D eigenvalue weighted by Gasteiger charge is 2.42. The van der Waals surface area contributed by atoms with Gasteiger partial charge in [-0.25, -0.2) is 0 Å². The lowest BCUT2D eigenvalue weighted by molar-refractivity contribution is -0.146. The molecular formula is C25H31Cl2F3N6O. The highest BCUT2D eigenvalue weighted by molar-refractivity contribution is 5.85. The number of tetrazole rings is 1. The van der Waals surface area contributed by atoms with Crippen LogP contribution in [0, 0.1) is 0 Å². The molecule has 3 aromatic rings. The van der Waals surface area contributed by atoms with E-state index in [2.05, 4.69) is 20.8 Å². The fraction of sp³-hybridized carbons (Fsp3) is 0.480. The highest BCUT2D eigenvalue weighted by Crippen LogP contribution is 2.38. The highest BCUT2D eigenvalue weighted by atomic mass is 35.5. The average molecular weight is 559 g/mol. The summed E-state index contributed by atoms with van der Waals surface area (Å²) in [6.45, 7) is 0.798. The van der Waals surface area contributed by atoms with Crippen LogP contribution in [0.2, 0.25) is 0 Å². The van der Waals surface area contributed by atoms with Crippen LogP contribution in [0.1, 0.15) is 55.5 Å². The molecule has 202 valence electrons. The molecule has 1 saturated heterocycles. The zero-order valence-corrected chi connectivity index (χ0v) is 21.8. The van der Waals surface area contributed by atoms with Gasteiger partial charge in [-0.2, -0.15) is 17.9 Å². The number of nitrogens with zero attached hydrogens (tertiary/aromatic N) is 4. The molecular weight excluding hydrogens is 528 g/mol. The fourth-order valence-corrected chi connectivity index (χ4v) is 5.33. The summed E-state index contributed by atoms with van der Waals surface area (Å²) in [7, 11) is 0. The molecule has 2 heterocycles. The van der Waals surface area contributed by atoms with Crippen LogP contribution in [0.5, 0.6) is 5.75 Å². The van der Waals surface area contributed by atoms with Crippen LogP contribution in [0.3, 0.4) is 0 Å². The number of hydrogen-bond donors (Lipinski definition) is 2. The van der Waals surface area contributed by atoms with Crippen molar-refractivity contribution in [3.63, 3.8) is 0 Å². The zero-order valence-electron chi connectivity index (χ0n) is 20.2. The van der Waals surface area contributed by atoms with Crippen LogP contribution < -0.4 is 15.8 Å². The van der Waals surface area contributed by atoms with Crippen LogP contribution in [0.15, 0.2) is 48.5 Å². The molecule has 12 heteroatoms. The Labute approximate surface area is 226 Å². The normalized spacial score (nSPS) is 22.2. The van der Waals surface area contributed by atoms with E-state index in [0.29, 0.717) is 12.2 Å². The Hall–Kier alpha value is -2.40. The first kappa shape index (κ1) is 29.2. The van der Waals surface area contributed by atoms with Gasteiger partial charge in [-0.05, 0) is 91.2 Å². The molecule has 5 rings (SSSR count). The number of nitrogens with one attached hydrogen (secondary N) is 1. The third kappa shape index (κ3) is 6.03. The maximum atomic E-state index is 13.5. The second-order valence-corrected chi connectivity index (χ2v) is 9.42. The van der Waals surface area contributed by atoms with E-state index >= 15 is 0 Å². The van der Waals surface area contributed by atoms with Gasteiger partial charge in [0.15, 0.2) is 0 Å². The summed E-state index contributed by atoms with van der Waals surface area (Å²) < 4.78 is 47.6. The molecule has 2 aliphatic rings. The Morgan fingerprint density at radius 2 is 1.76 bits per heavy atom. The summed E-state index contributed by atoms with van der Waals surface area (Å²) in [4.78, 5) is 0. The van der Waals surface area contributed by atoms with Crippen molar-refractivity contribution in [2.75, 3.05) is 6.54 Å². The molecule has 0 amide bonds. The van der Waals surface area contributed by atoms with Crippen molar-refractivity contribution in [3.05, 3.63) is 65.5 Å². The SMILES string of the molecule is Cl.Cl.N[C@H]1CCCN[C@@]1(Cc1cc(-n2nnnc2C(F)(F)F)ccc1OC1CCCC1)c1ccccc1. The van der Waals surface area contributed by atoms with E-state index in [4.69, 9.17) is 10.5 Å². The molecule has 0 spiro atoms. The second-order valence-electron chi connectivity index (χ2n) is 9.42. The lowest BCUT2D eigenvalue weighted by atomic mass is 9.74. The van der Waals surface area contributed by atoms with Crippen LogP contribution in [0.4, 0.5) is 13.2 Å². The molecule has 0 radical (unpaired) electrons. The topological polar surface area (TPSA) is 90.9 Å². The molecule has 2 aromatic carbocycles. The van der Waals surface area contributed by atoms with E-state index in [1.807, 2.05) is 30.3 Å². The predicted molar refractivity (Wildman–Crippen MR) is 139 cm³/mol. The zero-order chi connectivity index (χ0) is 24.5. The second kappa shape index (κ2) is 12.0. The molecule has 1 aliphatic heterocycles. The number of hydrogen-bond acceptors (Lipinski definition) is 6. The van der Waals surface area contributed by atoms with Gasteiger partial charge in [-0.15, -0.1) is 29.9 Å². The minimum Gasteiger partial charge on any atom is -0.490 e. The lowest BCUT2D eigenvalue weighted by Gasteiger charge is -2.44. The van der Waals surface area contributed by atoms with Crippen molar-refractivity contribution in [3.8, 4) is 11.4 Å². The van der Waals surface area contributed by atoms with E-state index in [9.17, 15) is 13.2 Å². The molecule has 2 fully saturated rings. The van der Waals surface area contributed by atoms with Crippen LogP contribution >= 0.6 is 24.8 Å². The molecule has 2 atom stereocenters. The minimum atomic E-state index is -4.68. The quantitative estimate of drug-likeness (QED) is 0.442. The van der Waals surface area contributed by atoms with Gasteiger partial charge in [0.2, 0.25) is 0 Å². The summed E-state index contributed by atoms with van der Waals surface area (Å²) in [5.74, 6) is -0.504. The predicted octanol–water partition coefficient (Wildman–Crippen LogP) is 4.99. The standard InChI is InChI=1S/C25H29F3N6O.2ClH/c26-25(27,28)23-31-32-33-34(23)19-12-13-21(35-20-9-4-5-10-20)17(15-19)16-24(18-7-2-1-3-8-18)22(29)11-6-14-30-24;;/h1-3,7-8,12-13,15,20,22,30H,4-6,9-11,14,16,29H2;2*1H/t22-,24-;;/m0../s1. The number of piperidine rings is 1. The Kier molecular flexibility index (Phi) is 9.44.